The van der Waals surface area contributed by atoms with Crippen molar-refractivity contribution in [1.29, 1.82) is 0 Å². The summed E-state index contributed by atoms with van der Waals surface area (Å²) in [4.78, 5) is 14.9. The first-order chi connectivity index (χ1) is 9.32. The maximum atomic E-state index is 10.7. The van der Waals surface area contributed by atoms with Gasteiger partial charge in [-0.15, -0.1) is 0 Å². The van der Waals surface area contributed by atoms with Gasteiger partial charge in [0.2, 0.25) is 0 Å². The number of aldehydes is 1. The average molecular weight is 273 g/mol. The van der Waals surface area contributed by atoms with E-state index in [1.54, 1.807) is 22.8 Å². The predicted octanol–water partition coefficient (Wildman–Crippen LogP) is 0.841. The van der Waals surface area contributed by atoms with Gasteiger partial charge in [-0.25, -0.2) is 9.50 Å². The third-order valence-electron chi connectivity index (χ3n) is 3.98. The maximum Gasteiger partial charge on any atom is 0.516 e. The molecule has 0 unspecified atom stereocenters. The first-order valence-corrected chi connectivity index (χ1v) is 6.49. The van der Waals surface area contributed by atoms with Crippen molar-refractivity contribution in [3.05, 3.63) is 24.0 Å². The van der Waals surface area contributed by atoms with E-state index in [-0.39, 0.29) is 0 Å². The molecule has 0 spiro atoms. The van der Waals surface area contributed by atoms with Crippen LogP contribution in [0.1, 0.15) is 38.2 Å². The lowest BCUT2D eigenvalue weighted by atomic mass is 9.85. The molecule has 0 aliphatic carbocycles. The molecule has 7 heteroatoms. The minimum absolute atomic E-state index is 0.373. The van der Waals surface area contributed by atoms with Crippen LogP contribution in [0.2, 0.25) is 0 Å². The molecule has 0 saturated carbocycles. The Hall–Kier alpha value is -1.73. The van der Waals surface area contributed by atoms with Gasteiger partial charge in [0.15, 0.2) is 11.9 Å². The van der Waals surface area contributed by atoms with Crippen LogP contribution >= 0.6 is 0 Å². The number of rotatable bonds is 2. The number of hydrogen-bond donors (Lipinski definition) is 0. The zero-order chi connectivity index (χ0) is 14.5. The van der Waals surface area contributed by atoms with Crippen molar-refractivity contribution < 1.29 is 14.1 Å². The molecule has 0 atom stereocenters. The van der Waals surface area contributed by atoms with Crippen LogP contribution in [0, 0.1) is 0 Å². The molecule has 1 fully saturated rings. The van der Waals surface area contributed by atoms with Crippen LogP contribution in [-0.4, -0.2) is 39.2 Å². The summed E-state index contributed by atoms with van der Waals surface area (Å²) in [6.07, 6.45) is 2.41. The summed E-state index contributed by atoms with van der Waals surface area (Å²) in [7, 11) is -0.526. The van der Waals surface area contributed by atoms with Crippen LogP contribution in [0.4, 0.5) is 0 Å². The quantitative estimate of drug-likeness (QED) is 0.599. The van der Waals surface area contributed by atoms with Crippen LogP contribution in [-0.2, 0) is 9.31 Å². The summed E-state index contributed by atoms with van der Waals surface area (Å²) in [5, 5.41) is 4.39. The Kier molecular flexibility index (Phi) is 2.74. The van der Waals surface area contributed by atoms with Gasteiger partial charge in [-0.05, 0) is 33.8 Å². The average Bonchev–Trinajstić information content (AvgIpc) is 2.87. The van der Waals surface area contributed by atoms with Gasteiger partial charge in [0, 0.05) is 12.3 Å². The number of nitrogens with zero attached hydrogens (tertiary/aromatic N) is 3. The summed E-state index contributed by atoms with van der Waals surface area (Å²) >= 11 is 0. The Labute approximate surface area is 117 Å². The van der Waals surface area contributed by atoms with Gasteiger partial charge < -0.3 is 9.31 Å². The van der Waals surface area contributed by atoms with Crippen LogP contribution in [0.3, 0.4) is 0 Å². The normalized spacial score (nSPS) is 20.5. The molecular formula is C13H16BN3O3. The topological polar surface area (TPSA) is 65.7 Å². The molecule has 1 aliphatic heterocycles. The van der Waals surface area contributed by atoms with Gasteiger partial charge >= 0.3 is 7.12 Å². The summed E-state index contributed by atoms with van der Waals surface area (Å²) in [6, 6.07) is 3.39. The lowest BCUT2D eigenvalue weighted by Gasteiger charge is -2.32. The molecule has 3 heterocycles. The second kappa shape index (κ2) is 4.13. The molecule has 1 saturated heterocycles. The zero-order valence-corrected chi connectivity index (χ0v) is 12.0. The SMILES string of the molecule is CC1(C)OB(c2cc3nc(C=O)ccn3n2)OC1(C)C. The second-order valence-corrected chi connectivity index (χ2v) is 5.93. The van der Waals surface area contributed by atoms with E-state index in [1.807, 2.05) is 27.7 Å². The molecule has 0 radical (unpaired) electrons. The van der Waals surface area contributed by atoms with E-state index in [2.05, 4.69) is 10.1 Å². The van der Waals surface area contributed by atoms with Crippen molar-refractivity contribution in [3.8, 4) is 0 Å². The Morgan fingerprint density at radius 2 is 1.90 bits per heavy atom. The van der Waals surface area contributed by atoms with E-state index in [9.17, 15) is 4.79 Å². The Bertz CT molecular complexity index is 665. The van der Waals surface area contributed by atoms with E-state index in [4.69, 9.17) is 9.31 Å². The van der Waals surface area contributed by atoms with Crippen molar-refractivity contribution in [2.24, 2.45) is 0 Å². The van der Waals surface area contributed by atoms with Gasteiger partial charge in [-0.1, -0.05) is 0 Å². The van der Waals surface area contributed by atoms with Gasteiger partial charge in [0.05, 0.1) is 16.8 Å². The van der Waals surface area contributed by atoms with Crippen molar-refractivity contribution >= 4 is 24.6 Å². The largest absolute Gasteiger partial charge is 0.516 e. The molecule has 0 aromatic carbocycles. The van der Waals surface area contributed by atoms with Crippen molar-refractivity contribution in [2.75, 3.05) is 0 Å². The minimum atomic E-state index is -0.526. The highest BCUT2D eigenvalue weighted by Gasteiger charge is 2.52. The number of carbonyl (C=O) groups is 1. The van der Waals surface area contributed by atoms with Gasteiger partial charge in [0.1, 0.15) is 5.69 Å². The highest BCUT2D eigenvalue weighted by molar-refractivity contribution is 6.61. The number of carbonyl (C=O) groups excluding carboxylic acids is 1. The fourth-order valence-corrected chi connectivity index (χ4v) is 2.06. The van der Waals surface area contributed by atoms with E-state index < -0.39 is 18.3 Å². The van der Waals surface area contributed by atoms with E-state index in [0.717, 1.165) is 0 Å². The number of aromatic nitrogens is 3. The van der Waals surface area contributed by atoms with Crippen molar-refractivity contribution in [1.82, 2.24) is 14.6 Å². The summed E-state index contributed by atoms with van der Waals surface area (Å²) in [6.45, 7) is 7.97. The predicted molar refractivity (Wildman–Crippen MR) is 74.1 cm³/mol. The van der Waals surface area contributed by atoms with Crippen molar-refractivity contribution in [2.45, 2.75) is 38.9 Å². The van der Waals surface area contributed by atoms with Crippen molar-refractivity contribution in [3.63, 3.8) is 0 Å². The Morgan fingerprint density at radius 1 is 1.25 bits per heavy atom. The molecule has 0 bridgehead atoms. The van der Waals surface area contributed by atoms with E-state index >= 15 is 0 Å². The number of hydrogen-bond acceptors (Lipinski definition) is 5. The third kappa shape index (κ3) is 1.94. The summed E-state index contributed by atoms with van der Waals surface area (Å²) in [5.74, 6) is 0. The Morgan fingerprint density at radius 3 is 2.50 bits per heavy atom. The molecule has 3 rings (SSSR count). The first kappa shape index (κ1) is 13.3. The molecule has 2 aromatic heterocycles. The smallest absolute Gasteiger partial charge is 0.398 e. The fourth-order valence-electron chi connectivity index (χ4n) is 2.06. The van der Waals surface area contributed by atoms with Gasteiger partial charge in [0.25, 0.3) is 0 Å². The molecule has 2 aromatic rings. The first-order valence-electron chi connectivity index (χ1n) is 6.49. The molecular weight excluding hydrogens is 257 g/mol. The molecule has 104 valence electrons. The number of fused-ring (bicyclic) bond motifs is 1. The Balaban J connectivity index is 1.98. The molecule has 0 N–H and O–H groups in total. The molecule has 20 heavy (non-hydrogen) atoms. The molecule has 1 aliphatic rings. The molecule has 0 amide bonds. The highest BCUT2D eigenvalue weighted by Crippen LogP contribution is 2.36. The van der Waals surface area contributed by atoms with Crippen LogP contribution in [0.25, 0.3) is 5.65 Å². The maximum absolute atomic E-state index is 10.7. The van der Waals surface area contributed by atoms with Gasteiger partial charge in [-0.3, -0.25) is 4.79 Å². The zero-order valence-electron chi connectivity index (χ0n) is 12.0. The van der Waals surface area contributed by atoms with Crippen LogP contribution in [0.5, 0.6) is 0 Å². The second-order valence-electron chi connectivity index (χ2n) is 5.93. The van der Waals surface area contributed by atoms with Crippen LogP contribution in [0.15, 0.2) is 18.3 Å². The van der Waals surface area contributed by atoms with E-state index in [0.29, 0.717) is 23.2 Å². The fraction of sp³-hybridized carbons (Fsp3) is 0.462. The third-order valence-corrected chi connectivity index (χ3v) is 3.98. The van der Waals surface area contributed by atoms with Gasteiger partial charge in [-0.2, -0.15) is 5.10 Å². The summed E-state index contributed by atoms with van der Waals surface area (Å²) in [5.41, 5.74) is 0.806. The minimum Gasteiger partial charge on any atom is -0.398 e. The van der Waals surface area contributed by atoms with Crippen LogP contribution < -0.4 is 5.59 Å². The standard InChI is InChI=1S/C13H16BN3O3/c1-12(2)13(3,4)20-14(19-12)10-7-11-15-9(8-18)5-6-17(11)16-10/h5-8H,1-4H3. The lowest BCUT2D eigenvalue weighted by molar-refractivity contribution is 0.00578. The molecule has 6 nitrogen and oxygen atoms in total. The monoisotopic (exact) mass is 273 g/mol. The van der Waals surface area contributed by atoms with E-state index in [1.165, 1.54) is 0 Å². The highest BCUT2D eigenvalue weighted by atomic mass is 16.7. The summed E-state index contributed by atoms with van der Waals surface area (Å²) < 4.78 is 13.5. The lowest BCUT2D eigenvalue weighted by Crippen LogP contribution is -2.41.